The van der Waals surface area contributed by atoms with Crippen LogP contribution in [0.3, 0.4) is 0 Å². The van der Waals surface area contributed by atoms with Gasteiger partial charge in [-0.05, 0) is 50.3 Å². The van der Waals surface area contributed by atoms with Gasteiger partial charge in [-0.25, -0.2) is 18.9 Å². The van der Waals surface area contributed by atoms with E-state index in [9.17, 15) is 28.6 Å². The minimum Gasteiger partial charge on any atom is -0.352 e. The smallest absolute Gasteiger partial charge is 0.352 e. The molecular formula is C34H53N8O10P. The highest BCUT2D eigenvalue weighted by atomic mass is 31.2. The van der Waals surface area contributed by atoms with E-state index in [4.69, 9.17) is 24.1 Å². The number of phosphoric ester groups is 1. The summed E-state index contributed by atoms with van der Waals surface area (Å²) in [4.78, 5) is 66.7. The second-order valence-electron chi connectivity index (χ2n) is 13.6. The zero-order chi connectivity index (χ0) is 38.2. The molecule has 0 aliphatic carbocycles. The Hall–Kier alpha value is -3.63. The van der Waals surface area contributed by atoms with E-state index < -0.39 is 49.4 Å². The predicted octanol–water partition coefficient (Wildman–Crippen LogP) is 6.17. The van der Waals surface area contributed by atoms with Crippen LogP contribution in [0.25, 0.3) is 10.4 Å². The van der Waals surface area contributed by atoms with E-state index in [1.807, 2.05) is 0 Å². The summed E-state index contributed by atoms with van der Waals surface area (Å²) in [6.45, 7) is 3.10. The van der Waals surface area contributed by atoms with E-state index >= 15 is 0 Å². The van der Waals surface area contributed by atoms with E-state index in [1.54, 1.807) is 0 Å². The Bertz CT molecular complexity index is 1770. The fourth-order valence-corrected chi connectivity index (χ4v) is 7.24. The molecule has 5 atom stereocenters. The molecule has 2 fully saturated rings. The second-order valence-corrected chi connectivity index (χ2v) is 15.1. The Morgan fingerprint density at radius 3 is 2.04 bits per heavy atom. The van der Waals surface area contributed by atoms with Crippen molar-refractivity contribution in [3.8, 4) is 0 Å². The summed E-state index contributed by atoms with van der Waals surface area (Å²) in [5, 5.41) is 5.84. The summed E-state index contributed by atoms with van der Waals surface area (Å²) < 4.78 is 37.4. The molecule has 2 aliphatic heterocycles. The molecular weight excluding hydrogens is 711 g/mol. The highest BCUT2D eigenvalue weighted by Gasteiger charge is 2.34. The van der Waals surface area contributed by atoms with Gasteiger partial charge < -0.3 is 19.7 Å². The minimum atomic E-state index is -4.52. The molecule has 2 saturated heterocycles. The average molecular weight is 765 g/mol. The van der Waals surface area contributed by atoms with Crippen LogP contribution in [0.5, 0.6) is 0 Å². The van der Waals surface area contributed by atoms with E-state index in [-0.39, 0.29) is 30.5 Å². The molecule has 1 unspecified atom stereocenters. The van der Waals surface area contributed by atoms with Gasteiger partial charge in [-0.2, -0.15) is 9.90 Å². The quantitative estimate of drug-likeness (QED) is 0.0427. The van der Waals surface area contributed by atoms with Gasteiger partial charge in [0.1, 0.15) is 18.3 Å². The van der Waals surface area contributed by atoms with Crippen LogP contribution in [0.15, 0.2) is 38.1 Å². The Labute approximate surface area is 308 Å². The molecule has 0 radical (unpaired) electrons. The van der Waals surface area contributed by atoms with Gasteiger partial charge in [0.15, 0.2) is 0 Å². The number of anilines is 1. The third kappa shape index (κ3) is 13.3. The molecule has 2 aromatic rings. The van der Waals surface area contributed by atoms with Gasteiger partial charge in [0, 0.05) is 18.8 Å². The summed E-state index contributed by atoms with van der Waals surface area (Å²) in [5.74, 6) is -0.0186. The molecule has 2 aliphatic rings. The van der Waals surface area contributed by atoms with Gasteiger partial charge in [0.25, 0.3) is 0 Å². The first-order valence-electron chi connectivity index (χ1n) is 18.7. The van der Waals surface area contributed by atoms with Gasteiger partial charge in [0.2, 0.25) is 5.91 Å². The third-order valence-electron chi connectivity index (χ3n) is 9.39. The lowest BCUT2D eigenvalue weighted by atomic mass is 10.0. The lowest BCUT2D eigenvalue weighted by molar-refractivity contribution is -0.116. The van der Waals surface area contributed by atoms with Gasteiger partial charge in [-0.15, -0.1) is 5.53 Å². The minimum absolute atomic E-state index is 0.159. The molecule has 2 N–H and O–H groups in total. The molecule has 0 aromatic carbocycles. The molecule has 4 heterocycles. The van der Waals surface area contributed by atoms with Crippen LogP contribution < -0.4 is 22.3 Å². The number of rotatable bonds is 23. The van der Waals surface area contributed by atoms with Gasteiger partial charge in [0.05, 0.1) is 31.0 Å². The predicted molar refractivity (Wildman–Crippen MR) is 195 cm³/mol. The van der Waals surface area contributed by atoms with Crippen molar-refractivity contribution < 1.29 is 32.8 Å². The van der Waals surface area contributed by atoms with Crippen molar-refractivity contribution in [1.29, 1.82) is 0 Å². The SMILES string of the molecule is CCCCCCCCCCCCCCC(=O)Nc1ccn([C@H]2CC[C@@H](COP(=O)(O)OC[C@@H]3CC[C@H](n4cc(C)c(=O)n(N=[N+]=[N-])c4=O)O3)O2)c(=O)n1. The summed E-state index contributed by atoms with van der Waals surface area (Å²) in [5.41, 5.74) is 6.63. The lowest BCUT2D eigenvalue weighted by Gasteiger charge is -2.19. The number of hydrogen-bond acceptors (Lipinski definition) is 11. The molecule has 0 bridgehead atoms. The first kappa shape index (κ1) is 42.1. The zero-order valence-corrected chi connectivity index (χ0v) is 31.6. The largest absolute Gasteiger partial charge is 0.472 e. The number of phosphoric acid groups is 1. The fraction of sp³-hybridized carbons (Fsp3) is 0.735. The van der Waals surface area contributed by atoms with E-state index in [0.717, 1.165) is 23.8 Å². The number of aryl methyl sites for hydroxylation is 1. The summed E-state index contributed by atoms with van der Waals surface area (Å²) in [7, 11) is -4.52. The maximum absolute atomic E-state index is 12.7. The van der Waals surface area contributed by atoms with Crippen molar-refractivity contribution >= 4 is 19.5 Å². The number of nitrogens with zero attached hydrogens (tertiary/aromatic N) is 7. The number of carbonyl (C=O) groups is 1. The molecule has 18 nitrogen and oxygen atoms in total. The Kier molecular flexibility index (Phi) is 16.9. The van der Waals surface area contributed by atoms with Crippen LogP contribution in [0, 0.1) is 6.92 Å². The summed E-state index contributed by atoms with van der Waals surface area (Å²) in [6.07, 6.45) is 16.5. The van der Waals surface area contributed by atoms with Crippen molar-refractivity contribution in [3.05, 3.63) is 65.8 Å². The van der Waals surface area contributed by atoms with Crippen LogP contribution in [0.2, 0.25) is 0 Å². The number of amides is 1. The fourth-order valence-electron chi connectivity index (χ4n) is 6.46. The number of ether oxygens (including phenoxy) is 2. The highest BCUT2D eigenvalue weighted by molar-refractivity contribution is 7.47. The van der Waals surface area contributed by atoms with Crippen LogP contribution >= 0.6 is 7.82 Å². The van der Waals surface area contributed by atoms with Crippen molar-refractivity contribution in [2.24, 2.45) is 5.22 Å². The summed E-state index contributed by atoms with van der Waals surface area (Å²) in [6, 6.07) is 1.54. The number of azide groups is 1. The van der Waals surface area contributed by atoms with E-state index in [1.165, 1.54) is 87.7 Å². The second kappa shape index (κ2) is 21.3. The van der Waals surface area contributed by atoms with E-state index in [2.05, 4.69) is 27.4 Å². The molecule has 0 spiro atoms. The first-order valence-corrected chi connectivity index (χ1v) is 20.2. The molecule has 294 valence electrons. The van der Waals surface area contributed by atoms with Crippen LogP contribution in [-0.4, -0.2) is 55.0 Å². The number of hydrogen-bond donors (Lipinski definition) is 2. The monoisotopic (exact) mass is 764 g/mol. The molecule has 19 heteroatoms. The number of aromatic nitrogens is 4. The lowest BCUT2D eigenvalue weighted by Crippen LogP contribution is -2.40. The zero-order valence-electron chi connectivity index (χ0n) is 30.7. The Morgan fingerprint density at radius 1 is 0.943 bits per heavy atom. The summed E-state index contributed by atoms with van der Waals surface area (Å²) >= 11 is 0. The topological polar surface area (TPSA) is 231 Å². The van der Waals surface area contributed by atoms with Crippen molar-refractivity contribution in [1.82, 2.24) is 18.8 Å². The average Bonchev–Trinajstić information content (AvgIpc) is 3.81. The molecule has 4 rings (SSSR count). The van der Waals surface area contributed by atoms with Crippen LogP contribution in [0.1, 0.15) is 134 Å². The normalized spacial score (nSPS) is 21.0. The molecule has 1 amide bonds. The first-order chi connectivity index (χ1) is 25.5. The van der Waals surface area contributed by atoms with Gasteiger partial charge in [-0.3, -0.25) is 23.0 Å². The Balaban J connectivity index is 1.12. The van der Waals surface area contributed by atoms with Crippen molar-refractivity contribution in [3.63, 3.8) is 0 Å². The molecule has 53 heavy (non-hydrogen) atoms. The van der Waals surface area contributed by atoms with Crippen molar-refractivity contribution in [2.45, 2.75) is 148 Å². The van der Waals surface area contributed by atoms with Gasteiger partial charge in [-0.1, -0.05) is 82.2 Å². The third-order valence-corrected chi connectivity index (χ3v) is 10.3. The standard InChI is InChI=1S/C34H53N8O10P/c1-3-4-5-6-7-8-9-10-11-12-13-14-15-29(43)36-28-20-21-40(33(45)37-28)30-18-16-26(51-30)23-49-53(47,48)50-24-27-17-19-31(52-27)41-22-25(2)32(44)42(34(41)46)39-38-35/h20-22,26-27,30-31H,3-19,23-24H2,1-2H3,(H,47,48)(H,36,37,43,45)/t26-,27-,30+,31+/m0/s1. The Morgan fingerprint density at radius 2 is 1.49 bits per heavy atom. The molecule has 2 aromatic heterocycles. The number of carbonyl (C=O) groups excluding carboxylic acids is 1. The molecule has 0 saturated carbocycles. The van der Waals surface area contributed by atoms with Crippen LogP contribution in [-0.2, 0) is 27.9 Å². The maximum atomic E-state index is 12.7. The van der Waals surface area contributed by atoms with Crippen molar-refractivity contribution in [2.75, 3.05) is 18.5 Å². The maximum Gasteiger partial charge on any atom is 0.472 e. The van der Waals surface area contributed by atoms with Gasteiger partial charge >= 0.3 is 24.8 Å². The highest BCUT2D eigenvalue weighted by Crippen LogP contribution is 2.45. The number of unbranched alkanes of at least 4 members (excludes halogenated alkanes) is 11. The van der Waals surface area contributed by atoms with Crippen LogP contribution in [0.4, 0.5) is 5.82 Å². The number of nitrogens with one attached hydrogen (secondary N) is 1. The van der Waals surface area contributed by atoms with E-state index in [0.29, 0.717) is 36.8 Å².